The lowest BCUT2D eigenvalue weighted by atomic mass is 10.0. The smallest absolute Gasteiger partial charge is 0.306 e. The summed E-state index contributed by atoms with van der Waals surface area (Å²) in [6.07, 6.45) is 123. The van der Waals surface area contributed by atoms with E-state index in [9.17, 15) is 14.7 Å². The molecule has 0 fully saturated rings. The summed E-state index contributed by atoms with van der Waals surface area (Å²) in [4.78, 5) is 24.7. The molecule has 0 aromatic heterocycles. The topological polar surface area (TPSA) is 72.8 Å². The highest BCUT2D eigenvalue weighted by Crippen LogP contribution is 2.17. The van der Waals surface area contributed by atoms with Gasteiger partial charge in [0, 0.05) is 12.8 Å². The van der Waals surface area contributed by atoms with Crippen molar-refractivity contribution in [2.24, 2.45) is 0 Å². The predicted molar refractivity (Wildman–Crippen MR) is 398 cm³/mol. The Labute approximate surface area is 556 Å². The molecular weight excluding hydrogens is 1100 g/mol. The van der Waals surface area contributed by atoms with Crippen LogP contribution in [0.5, 0.6) is 0 Å². The molecule has 0 amide bonds. The van der Waals surface area contributed by atoms with Crippen LogP contribution in [0.2, 0.25) is 0 Å². The van der Waals surface area contributed by atoms with Crippen molar-refractivity contribution in [3.05, 3.63) is 194 Å². The minimum atomic E-state index is -0.788. The molecule has 1 unspecified atom stereocenters. The second-order valence-corrected chi connectivity index (χ2v) is 23.9. The molecule has 0 bridgehead atoms. The summed E-state index contributed by atoms with van der Waals surface area (Å²) in [7, 11) is 0. The zero-order valence-corrected chi connectivity index (χ0v) is 58.1. The normalized spacial score (nSPS) is 13.4. The number of rotatable bonds is 66. The summed E-state index contributed by atoms with van der Waals surface area (Å²) in [6, 6.07) is 0. The van der Waals surface area contributed by atoms with E-state index in [0.717, 1.165) is 141 Å². The Hall–Kier alpha value is -5.26. The van der Waals surface area contributed by atoms with Crippen molar-refractivity contribution < 1.29 is 24.2 Å². The molecule has 0 aliphatic carbocycles. The lowest BCUT2D eigenvalue weighted by Gasteiger charge is -2.15. The number of esters is 2. The fraction of sp³-hybridized carbons (Fsp3) is 0.600. The Morgan fingerprint density at radius 1 is 0.256 bits per heavy atom. The first-order chi connectivity index (χ1) is 44.6. The Kier molecular flexibility index (Phi) is 73.4. The van der Waals surface area contributed by atoms with Crippen LogP contribution in [0.15, 0.2) is 194 Å². The third kappa shape index (κ3) is 75.2. The van der Waals surface area contributed by atoms with E-state index in [2.05, 4.69) is 208 Å². The molecule has 0 aromatic carbocycles. The van der Waals surface area contributed by atoms with E-state index in [0.29, 0.717) is 12.8 Å². The van der Waals surface area contributed by atoms with E-state index in [-0.39, 0.29) is 25.2 Å². The highest BCUT2D eigenvalue weighted by atomic mass is 16.6. The highest BCUT2D eigenvalue weighted by molar-refractivity contribution is 5.70. The Bertz CT molecular complexity index is 2040. The number of carbonyl (C=O) groups excluding carboxylic acids is 2. The summed E-state index contributed by atoms with van der Waals surface area (Å²) in [6.45, 7) is 3.92. The van der Waals surface area contributed by atoms with Gasteiger partial charge in [-0.1, -0.05) is 350 Å². The van der Waals surface area contributed by atoms with Crippen LogP contribution >= 0.6 is 0 Å². The number of aliphatic hydroxyl groups excluding tert-OH is 1. The number of unbranched alkanes of at least 4 members (excludes halogenated alkanes) is 26. The van der Waals surface area contributed by atoms with E-state index in [1.54, 1.807) is 0 Å². The van der Waals surface area contributed by atoms with Gasteiger partial charge >= 0.3 is 11.9 Å². The molecule has 506 valence electrons. The lowest BCUT2D eigenvalue weighted by Crippen LogP contribution is -2.28. The third-order valence-corrected chi connectivity index (χ3v) is 15.4. The molecule has 0 heterocycles. The first-order valence-corrected chi connectivity index (χ1v) is 37.0. The molecule has 1 atom stereocenters. The van der Waals surface area contributed by atoms with Crippen molar-refractivity contribution >= 4 is 11.9 Å². The number of allylic oxidation sites excluding steroid dienone is 32. The maximum Gasteiger partial charge on any atom is 0.306 e. The van der Waals surface area contributed by atoms with Gasteiger partial charge in [0.05, 0.1) is 6.61 Å². The number of hydrogen-bond acceptors (Lipinski definition) is 5. The van der Waals surface area contributed by atoms with Gasteiger partial charge in [-0.25, -0.2) is 0 Å². The maximum atomic E-state index is 12.4. The van der Waals surface area contributed by atoms with Crippen molar-refractivity contribution in [2.75, 3.05) is 13.2 Å². The summed E-state index contributed by atoms with van der Waals surface area (Å²) < 4.78 is 10.8. The Balaban J connectivity index is 3.54. The molecular formula is C85H136O5. The third-order valence-electron chi connectivity index (χ3n) is 15.4. The van der Waals surface area contributed by atoms with Gasteiger partial charge in [0.1, 0.15) is 6.61 Å². The molecule has 1 N–H and O–H groups in total. The van der Waals surface area contributed by atoms with Crippen LogP contribution in [0.25, 0.3) is 0 Å². The molecule has 0 radical (unpaired) electrons. The summed E-state index contributed by atoms with van der Waals surface area (Å²) in [5.41, 5.74) is 0. The van der Waals surface area contributed by atoms with Gasteiger partial charge in [-0.15, -0.1) is 0 Å². The van der Waals surface area contributed by atoms with Crippen LogP contribution in [0.4, 0.5) is 0 Å². The average molecular weight is 1240 g/mol. The molecule has 0 saturated heterocycles. The fourth-order valence-corrected chi connectivity index (χ4v) is 9.94. The van der Waals surface area contributed by atoms with Crippen molar-refractivity contribution in [1.82, 2.24) is 0 Å². The maximum absolute atomic E-state index is 12.4. The summed E-state index contributed by atoms with van der Waals surface area (Å²) >= 11 is 0. The molecule has 0 rings (SSSR count). The Morgan fingerprint density at radius 2 is 0.444 bits per heavy atom. The summed E-state index contributed by atoms with van der Waals surface area (Å²) in [5, 5.41) is 9.72. The van der Waals surface area contributed by atoms with Gasteiger partial charge in [0.25, 0.3) is 0 Å². The average Bonchev–Trinajstić information content (AvgIpc) is 3.60. The van der Waals surface area contributed by atoms with E-state index in [1.807, 2.05) is 0 Å². The van der Waals surface area contributed by atoms with Crippen molar-refractivity contribution in [1.29, 1.82) is 0 Å². The fourth-order valence-electron chi connectivity index (χ4n) is 9.94. The molecule has 5 heteroatoms. The number of aliphatic hydroxyl groups is 1. The van der Waals surface area contributed by atoms with Crippen LogP contribution in [-0.2, 0) is 19.1 Å². The standard InChI is InChI=1S/C85H136O5/c1-3-5-7-9-11-13-15-17-19-21-23-25-27-29-31-33-35-37-39-40-41-42-43-44-46-48-50-52-54-56-58-60-62-64-66-68-70-72-74-76-78-80-85(88)90-83(81-86)82-89-84(87)79-77-75-73-71-69-67-65-63-61-59-57-55-53-51-49-47-45-38-36-34-32-30-28-26-24-22-20-18-16-14-12-10-8-6-4-2/h5-8,11-14,17-20,23-26,29-32,35-38,40-41,43-44,47,49,53,55,83,86H,3-4,9-10,15-16,21-22,27-28,33-34,39,42,45-46,48,50-52,54,56-82H2,1-2H3/b7-5-,8-6-,13-11-,14-12-,19-17-,20-18-,25-23-,26-24-,31-29-,32-30-,37-35-,38-36-,41-40-,44-43-,49-47-,55-53-. The number of ether oxygens (including phenoxy) is 2. The Morgan fingerprint density at radius 3 is 0.667 bits per heavy atom. The minimum absolute atomic E-state index is 0.0766. The van der Waals surface area contributed by atoms with Gasteiger partial charge in [-0.3, -0.25) is 9.59 Å². The predicted octanol–water partition coefficient (Wildman–Crippen LogP) is 26.3. The second kappa shape index (κ2) is 78.0. The van der Waals surface area contributed by atoms with Gasteiger partial charge in [0.15, 0.2) is 6.10 Å². The van der Waals surface area contributed by atoms with E-state index in [4.69, 9.17) is 9.47 Å². The summed E-state index contributed by atoms with van der Waals surface area (Å²) in [5.74, 6) is -0.598. The van der Waals surface area contributed by atoms with Crippen molar-refractivity contribution in [3.8, 4) is 0 Å². The lowest BCUT2D eigenvalue weighted by molar-refractivity contribution is -0.161. The monoisotopic (exact) mass is 1240 g/mol. The van der Waals surface area contributed by atoms with Crippen LogP contribution in [0, 0.1) is 0 Å². The van der Waals surface area contributed by atoms with Crippen LogP contribution in [0.3, 0.4) is 0 Å². The van der Waals surface area contributed by atoms with Crippen molar-refractivity contribution in [2.45, 2.75) is 315 Å². The molecule has 0 aliphatic heterocycles. The quantitative estimate of drug-likeness (QED) is 0.0373. The van der Waals surface area contributed by atoms with Crippen LogP contribution in [0.1, 0.15) is 309 Å². The SMILES string of the molecule is CC/C=C\C/C=C\C/C=C\C/C=C\C/C=C\C/C=C\C/C=C\C/C=C\CCCCCCCCCCCCCCCCCCC(=O)OC(CO)COC(=O)CCCCCCCCCCCC/C=C\C/C=C\C/C=C\C/C=C\C/C=C\C/C=C\C/C=C\C/C=C\CC. The minimum Gasteiger partial charge on any atom is -0.462 e. The molecule has 90 heavy (non-hydrogen) atoms. The number of hydrogen-bond donors (Lipinski definition) is 1. The van der Waals surface area contributed by atoms with Gasteiger partial charge < -0.3 is 14.6 Å². The molecule has 0 saturated carbocycles. The highest BCUT2D eigenvalue weighted by Gasteiger charge is 2.16. The first-order valence-electron chi connectivity index (χ1n) is 37.0. The van der Waals surface area contributed by atoms with E-state index < -0.39 is 6.10 Å². The molecule has 0 spiro atoms. The second-order valence-electron chi connectivity index (χ2n) is 23.9. The van der Waals surface area contributed by atoms with Crippen LogP contribution < -0.4 is 0 Å². The molecule has 0 aliphatic rings. The zero-order valence-electron chi connectivity index (χ0n) is 58.1. The van der Waals surface area contributed by atoms with E-state index in [1.165, 1.54) is 141 Å². The largest absolute Gasteiger partial charge is 0.462 e. The molecule has 0 aromatic rings. The first kappa shape index (κ1) is 84.7. The van der Waals surface area contributed by atoms with Gasteiger partial charge in [0.2, 0.25) is 0 Å². The van der Waals surface area contributed by atoms with Gasteiger partial charge in [-0.2, -0.15) is 0 Å². The zero-order chi connectivity index (χ0) is 64.7. The molecule has 5 nitrogen and oxygen atoms in total. The van der Waals surface area contributed by atoms with E-state index >= 15 is 0 Å². The van der Waals surface area contributed by atoms with Gasteiger partial charge in [-0.05, 0) is 141 Å². The van der Waals surface area contributed by atoms with Crippen molar-refractivity contribution in [3.63, 3.8) is 0 Å². The number of carbonyl (C=O) groups is 2. The van der Waals surface area contributed by atoms with Crippen LogP contribution in [-0.4, -0.2) is 36.4 Å².